The van der Waals surface area contributed by atoms with Gasteiger partial charge in [0.2, 0.25) is 10.0 Å². The van der Waals surface area contributed by atoms with E-state index in [0.717, 1.165) is 5.56 Å². The van der Waals surface area contributed by atoms with Gasteiger partial charge >= 0.3 is 0 Å². The van der Waals surface area contributed by atoms with Crippen LogP contribution in [-0.4, -0.2) is 26.8 Å². The molecule has 0 spiro atoms. The van der Waals surface area contributed by atoms with Crippen molar-refractivity contribution in [1.82, 2.24) is 4.31 Å². The van der Waals surface area contributed by atoms with E-state index in [1.54, 1.807) is 6.08 Å². The third kappa shape index (κ3) is 2.97. The van der Waals surface area contributed by atoms with Crippen molar-refractivity contribution in [3.05, 3.63) is 41.3 Å². The first kappa shape index (κ1) is 10.9. The molecule has 14 heavy (non-hydrogen) atoms. The number of hydrogen-bond acceptors (Lipinski definition) is 2. The Morgan fingerprint density at radius 2 is 1.71 bits per heavy atom. The molecule has 0 fully saturated rings. The molecule has 3 nitrogen and oxygen atoms in total. The first-order chi connectivity index (χ1) is 6.52. The Bertz CT molecular complexity index is 407. The second-order valence-corrected chi connectivity index (χ2v) is 5.07. The van der Waals surface area contributed by atoms with Crippen molar-refractivity contribution in [2.24, 2.45) is 0 Å². The number of hydrogen-bond donors (Lipinski definition) is 0. The zero-order valence-electron chi connectivity index (χ0n) is 8.21. The first-order valence-electron chi connectivity index (χ1n) is 4.18. The molecule has 1 aromatic rings. The molecule has 0 aromatic heterocycles. The van der Waals surface area contributed by atoms with Crippen LogP contribution >= 0.6 is 0 Å². The minimum atomic E-state index is -3.24. The molecule has 4 heteroatoms. The number of nitrogens with zero attached hydrogens (tertiary/aromatic N) is 1. The van der Waals surface area contributed by atoms with Crippen LogP contribution in [0.2, 0.25) is 0 Å². The van der Waals surface area contributed by atoms with Gasteiger partial charge in [0.15, 0.2) is 0 Å². The van der Waals surface area contributed by atoms with Gasteiger partial charge in [-0.25, -0.2) is 12.7 Å². The summed E-state index contributed by atoms with van der Waals surface area (Å²) in [6.45, 7) is 0. The van der Waals surface area contributed by atoms with E-state index in [4.69, 9.17) is 0 Å². The lowest BCUT2D eigenvalue weighted by Crippen LogP contribution is -2.19. The predicted molar refractivity (Wildman–Crippen MR) is 58.1 cm³/mol. The van der Waals surface area contributed by atoms with Crippen molar-refractivity contribution < 1.29 is 8.42 Å². The van der Waals surface area contributed by atoms with E-state index in [1.807, 2.05) is 30.3 Å². The Balaban J connectivity index is 2.85. The van der Waals surface area contributed by atoms with Gasteiger partial charge in [-0.1, -0.05) is 30.3 Å². The SMILES string of the molecule is CN(C)S(=O)(=O)/C=C\c1ccccc1. The highest BCUT2D eigenvalue weighted by molar-refractivity contribution is 7.92. The average molecular weight is 211 g/mol. The van der Waals surface area contributed by atoms with Crippen LogP contribution in [0.5, 0.6) is 0 Å². The number of rotatable bonds is 3. The minimum absolute atomic E-state index is 0.873. The van der Waals surface area contributed by atoms with E-state index in [9.17, 15) is 8.42 Å². The maximum atomic E-state index is 11.3. The molecule has 0 N–H and O–H groups in total. The van der Waals surface area contributed by atoms with Gasteiger partial charge in [0.05, 0.1) is 0 Å². The van der Waals surface area contributed by atoms with Gasteiger partial charge in [-0.05, 0) is 11.6 Å². The smallest absolute Gasteiger partial charge is 0.208 e. The van der Waals surface area contributed by atoms with E-state index >= 15 is 0 Å². The van der Waals surface area contributed by atoms with Gasteiger partial charge in [-0.3, -0.25) is 0 Å². The molecule has 0 aliphatic heterocycles. The lowest BCUT2D eigenvalue weighted by Gasteiger charge is -2.05. The molecular weight excluding hydrogens is 198 g/mol. The molecule has 1 aromatic carbocycles. The van der Waals surface area contributed by atoms with Crippen LogP contribution in [0.1, 0.15) is 5.56 Å². The summed E-state index contributed by atoms with van der Waals surface area (Å²) in [5, 5.41) is 1.20. The zero-order chi connectivity index (χ0) is 10.6. The second-order valence-electron chi connectivity index (χ2n) is 3.04. The highest BCUT2D eigenvalue weighted by atomic mass is 32.2. The van der Waals surface area contributed by atoms with Crippen LogP contribution in [0.25, 0.3) is 6.08 Å². The van der Waals surface area contributed by atoms with Crippen molar-refractivity contribution in [1.29, 1.82) is 0 Å². The van der Waals surface area contributed by atoms with Gasteiger partial charge in [0, 0.05) is 19.5 Å². The summed E-state index contributed by atoms with van der Waals surface area (Å²) in [6, 6.07) is 9.31. The molecule has 0 bridgehead atoms. The Morgan fingerprint density at radius 1 is 1.14 bits per heavy atom. The second kappa shape index (κ2) is 4.39. The van der Waals surface area contributed by atoms with Gasteiger partial charge in [-0.15, -0.1) is 0 Å². The minimum Gasteiger partial charge on any atom is -0.208 e. The highest BCUT2D eigenvalue weighted by Crippen LogP contribution is 2.04. The maximum absolute atomic E-state index is 11.3. The van der Waals surface area contributed by atoms with Crippen molar-refractivity contribution >= 4 is 16.1 Å². The van der Waals surface area contributed by atoms with Crippen LogP contribution in [0, 0.1) is 0 Å². The van der Waals surface area contributed by atoms with Crippen molar-refractivity contribution in [2.45, 2.75) is 0 Å². The van der Waals surface area contributed by atoms with E-state index in [2.05, 4.69) is 0 Å². The van der Waals surface area contributed by atoms with E-state index < -0.39 is 10.0 Å². The monoisotopic (exact) mass is 211 g/mol. The summed E-state index contributed by atoms with van der Waals surface area (Å²) in [4.78, 5) is 0. The summed E-state index contributed by atoms with van der Waals surface area (Å²) in [7, 11) is -0.234. The molecule has 1 rings (SSSR count). The molecule has 0 radical (unpaired) electrons. The van der Waals surface area contributed by atoms with Crippen LogP contribution < -0.4 is 0 Å². The Morgan fingerprint density at radius 3 is 2.21 bits per heavy atom. The Kier molecular flexibility index (Phi) is 3.43. The number of sulfonamides is 1. The van der Waals surface area contributed by atoms with Gasteiger partial charge in [0.1, 0.15) is 0 Å². The highest BCUT2D eigenvalue weighted by Gasteiger charge is 2.07. The van der Waals surface area contributed by atoms with Crippen molar-refractivity contribution in [3.8, 4) is 0 Å². The van der Waals surface area contributed by atoms with Crippen LogP contribution in [0.3, 0.4) is 0 Å². The van der Waals surface area contributed by atoms with Gasteiger partial charge in [-0.2, -0.15) is 0 Å². The van der Waals surface area contributed by atoms with Crippen LogP contribution in [-0.2, 0) is 10.0 Å². The van der Waals surface area contributed by atoms with E-state index in [-0.39, 0.29) is 0 Å². The normalized spacial score (nSPS) is 12.5. The standard InChI is InChI=1S/C10H13NO2S/c1-11(2)14(12,13)9-8-10-6-4-3-5-7-10/h3-9H,1-2H3/b9-8-. The zero-order valence-corrected chi connectivity index (χ0v) is 9.03. The molecule has 0 saturated carbocycles. The summed E-state index contributed by atoms with van der Waals surface area (Å²) < 4.78 is 23.9. The fraction of sp³-hybridized carbons (Fsp3) is 0.200. The van der Waals surface area contributed by atoms with Crippen molar-refractivity contribution in [2.75, 3.05) is 14.1 Å². The van der Waals surface area contributed by atoms with Gasteiger partial charge in [0.25, 0.3) is 0 Å². The topological polar surface area (TPSA) is 37.4 Å². The molecular formula is C10H13NO2S. The van der Waals surface area contributed by atoms with E-state index in [0.29, 0.717) is 0 Å². The quantitative estimate of drug-likeness (QED) is 0.760. The molecule has 0 atom stereocenters. The molecule has 0 aliphatic carbocycles. The van der Waals surface area contributed by atoms with Gasteiger partial charge < -0.3 is 0 Å². The predicted octanol–water partition coefficient (Wildman–Crippen LogP) is 1.55. The average Bonchev–Trinajstić information content (AvgIpc) is 2.16. The summed E-state index contributed by atoms with van der Waals surface area (Å²) in [6.07, 6.45) is 1.58. The summed E-state index contributed by atoms with van der Waals surface area (Å²) in [5.74, 6) is 0. The molecule has 0 saturated heterocycles. The fourth-order valence-electron chi connectivity index (χ4n) is 0.850. The fourth-order valence-corrected chi connectivity index (χ4v) is 1.42. The molecule has 0 aliphatic rings. The van der Waals surface area contributed by atoms with Crippen LogP contribution in [0.15, 0.2) is 35.7 Å². The third-order valence-corrected chi connectivity index (χ3v) is 3.24. The summed E-state index contributed by atoms with van der Waals surface area (Å²) in [5.41, 5.74) is 0.873. The summed E-state index contributed by atoms with van der Waals surface area (Å²) >= 11 is 0. The lowest BCUT2D eigenvalue weighted by molar-refractivity contribution is 0.531. The maximum Gasteiger partial charge on any atom is 0.235 e. The van der Waals surface area contributed by atoms with Crippen LogP contribution in [0.4, 0.5) is 0 Å². The first-order valence-corrected chi connectivity index (χ1v) is 5.68. The van der Waals surface area contributed by atoms with E-state index in [1.165, 1.54) is 23.8 Å². The molecule has 76 valence electrons. The Labute approximate surface area is 84.7 Å². The largest absolute Gasteiger partial charge is 0.235 e. The third-order valence-electron chi connectivity index (χ3n) is 1.74. The molecule has 0 unspecified atom stereocenters. The molecule has 0 amide bonds. The van der Waals surface area contributed by atoms with Crippen molar-refractivity contribution in [3.63, 3.8) is 0 Å². The lowest BCUT2D eigenvalue weighted by atomic mass is 10.2. The number of benzene rings is 1. The Hall–Kier alpha value is -1.13. The molecule has 0 heterocycles.